The van der Waals surface area contributed by atoms with Gasteiger partial charge in [-0.05, 0) is 56.5 Å². The summed E-state index contributed by atoms with van der Waals surface area (Å²) < 4.78 is 0.971. The number of nitrogens with zero attached hydrogens (tertiary/aromatic N) is 1. The fraction of sp³-hybridized carbons (Fsp3) is 0.364. The van der Waals surface area contributed by atoms with Gasteiger partial charge in [-0.1, -0.05) is 57.9 Å². The van der Waals surface area contributed by atoms with Gasteiger partial charge in [-0.15, -0.1) is 0 Å². The first-order chi connectivity index (χ1) is 13.3. The van der Waals surface area contributed by atoms with Crippen LogP contribution in [-0.4, -0.2) is 28.8 Å². The van der Waals surface area contributed by atoms with Gasteiger partial charge in [-0.3, -0.25) is 9.59 Å². The Morgan fingerprint density at radius 2 is 1.71 bits per heavy atom. The second kappa shape index (κ2) is 10.6. The molecule has 0 aliphatic carbocycles. The standard InChI is InChI=1S/C22H26BrClN2O2/c1-15(2)25-22(28)16(3)26(14-17-8-11-19(23)12-9-17)21(27)13-10-18-6-4-5-7-20(18)24/h4-9,11-12,15-16H,10,13-14H2,1-3H3,(H,25,28)/t16-/m1/s1. The van der Waals surface area contributed by atoms with Crippen molar-refractivity contribution in [3.8, 4) is 0 Å². The Bertz CT molecular complexity index is 808. The van der Waals surface area contributed by atoms with E-state index in [1.165, 1.54) is 0 Å². The first-order valence-electron chi connectivity index (χ1n) is 9.35. The molecule has 0 aliphatic heterocycles. The van der Waals surface area contributed by atoms with Crippen LogP contribution in [0.5, 0.6) is 0 Å². The zero-order valence-corrected chi connectivity index (χ0v) is 18.8. The Labute approximate surface area is 180 Å². The van der Waals surface area contributed by atoms with Crippen LogP contribution in [0.25, 0.3) is 0 Å². The summed E-state index contributed by atoms with van der Waals surface area (Å²) in [6.45, 7) is 5.96. The number of hydrogen-bond donors (Lipinski definition) is 1. The SMILES string of the molecule is CC(C)NC(=O)[C@@H](C)N(Cc1ccc(Br)cc1)C(=O)CCc1ccccc1Cl. The van der Waals surface area contributed by atoms with Crippen LogP contribution in [0, 0.1) is 0 Å². The van der Waals surface area contributed by atoms with Gasteiger partial charge < -0.3 is 10.2 Å². The molecule has 2 rings (SSSR count). The van der Waals surface area contributed by atoms with Gasteiger partial charge in [0.05, 0.1) is 0 Å². The number of benzene rings is 2. The quantitative estimate of drug-likeness (QED) is 0.598. The molecule has 1 atom stereocenters. The normalized spacial score (nSPS) is 11.9. The molecule has 0 bridgehead atoms. The summed E-state index contributed by atoms with van der Waals surface area (Å²) in [6, 6.07) is 14.7. The molecule has 150 valence electrons. The molecule has 28 heavy (non-hydrogen) atoms. The molecule has 0 heterocycles. The Kier molecular flexibility index (Phi) is 8.52. The lowest BCUT2D eigenvalue weighted by Crippen LogP contribution is -2.49. The third kappa shape index (κ3) is 6.64. The van der Waals surface area contributed by atoms with Crippen LogP contribution in [0.15, 0.2) is 53.0 Å². The maximum atomic E-state index is 13.0. The molecule has 2 amide bonds. The first kappa shape index (κ1) is 22.4. The number of carbonyl (C=O) groups excluding carboxylic acids is 2. The van der Waals surface area contributed by atoms with Crippen molar-refractivity contribution in [1.82, 2.24) is 10.2 Å². The van der Waals surface area contributed by atoms with Crippen molar-refractivity contribution < 1.29 is 9.59 Å². The molecule has 0 aliphatic rings. The minimum absolute atomic E-state index is 0.0164. The van der Waals surface area contributed by atoms with Gasteiger partial charge in [-0.2, -0.15) is 0 Å². The molecule has 0 radical (unpaired) electrons. The minimum atomic E-state index is -0.565. The van der Waals surface area contributed by atoms with Crippen LogP contribution in [0.3, 0.4) is 0 Å². The van der Waals surface area contributed by atoms with Gasteiger partial charge in [0, 0.05) is 28.5 Å². The minimum Gasteiger partial charge on any atom is -0.352 e. The smallest absolute Gasteiger partial charge is 0.242 e. The highest BCUT2D eigenvalue weighted by molar-refractivity contribution is 9.10. The van der Waals surface area contributed by atoms with Crippen LogP contribution in [-0.2, 0) is 22.6 Å². The van der Waals surface area contributed by atoms with Gasteiger partial charge in [0.2, 0.25) is 11.8 Å². The molecule has 0 fully saturated rings. The van der Waals surface area contributed by atoms with E-state index >= 15 is 0 Å². The van der Waals surface area contributed by atoms with Gasteiger partial charge >= 0.3 is 0 Å². The fourth-order valence-corrected chi connectivity index (χ4v) is 3.36. The van der Waals surface area contributed by atoms with Crippen molar-refractivity contribution in [3.63, 3.8) is 0 Å². The Hall–Kier alpha value is -1.85. The predicted octanol–water partition coefficient (Wildman–Crippen LogP) is 4.98. The molecule has 2 aromatic carbocycles. The van der Waals surface area contributed by atoms with E-state index in [9.17, 15) is 9.59 Å². The van der Waals surface area contributed by atoms with Crippen LogP contribution in [0.1, 0.15) is 38.3 Å². The Morgan fingerprint density at radius 3 is 2.32 bits per heavy atom. The van der Waals surface area contributed by atoms with Crippen molar-refractivity contribution in [1.29, 1.82) is 0 Å². The average molecular weight is 466 g/mol. The average Bonchev–Trinajstić information content (AvgIpc) is 2.65. The van der Waals surface area contributed by atoms with E-state index in [0.717, 1.165) is 15.6 Å². The molecule has 6 heteroatoms. The van der Waals surface area contributed by atoms with Crippen molar-refractivity contribution in [2.75, 3.05) is 0 Å². The molecular formula is C22H26BrClN2O2. The fourth-order valence-electron chi connectivity index (χ4n) is 2.86. The highest BCUT2D eigenvalue weighted by atomic mass is 79.9. The molecule has 0 unspecified atom stereocenters. The number of rotatable bonds is 8. The van der Waals surface area contributed by atoms with Crippen molar-refractivity contribution in [2.45, 2.75) is 52.2 Å². The van der Waals surface area contributed by atoms with Crippen LogP contribution < -0.4 is 5.32 Å². The van der Waals surface area contributed by atoms with Gasteiger partial charge in [0.15, 0.2) is 0 Å². The molecule has 1 N–H and O–H groups in total. The lowest BCUT2D eigenvalue weighted by Gasteiger charge is -2.29. The van der Waals surface area contributed by atoms with Gasteiger partial charge in [-0.25, -0.2) is 0 Å². The topological polar surface area (TPSA) is 49.4 Å². The highest BCUT2D eigenvalue weighted by Gasteiger charge is 2.26. The van der Waals surface area contributed by atoms with E-state index < -0.39 is 6.04 Å². The molecule has 0 saturated heterocycles. The molecule has 0 aromatic heterocycles. The summed E-state index contributed by atoms with van der Waals surface area (Å²) in [7, 11) is 0. The summed E-state index contributed by atoms with van der Waals surface area (Å²) in [5, 5.41) is 3.55. The second-order valence-electron chi connectivity index (χ2n) is 7.08. The number of carbonyl (C=O) groups is 2. The molecule has 0 saturated carbocycles. The Balaban J connectivity index is 2.15. The molecular weight excluding hydrogens is 440 g/mol. The summed E-state index contributed by atoms with van der Waals surface area (Å²) in [5.74, 6) is -0.229. The van der Waals surface area contributed by atoms with E-state index in [4.69, 9.17) is 11.6 Å². The lowest BCUT2D eigenvalue weighted by atomic mass is 10.1. The first-order valence-corrected chi connectivity index (χ1v) is 10.5. The summed E-state index contributed by atoms with van der Waals surface area (Å²) in [4.78, 5) is 27.2. The van der Waals surface area contributed by atoms with Gasteiger partial charge in [0.25, 0.3) is 0 Å². The summed E-state index contributed by atoms with van der Waals surface area (Å²) in [5.41, 5.74) is 1.90. The van der Waals surface area contributed by atoms with E-state index in [0.29, 0.717) is 24.4 Å². The zero-order chi connectivity index (χ0) is 20.7. The maximum Gasteiger partial charge on any atom is 0.242 e. The number of hydrogen-bond acceptors (Lipinski definition) is 2. The van der Waals surface area contributed by atoms with Crippen molar-refractivity contribution >= 4 is 39.3 Å². The zero-order valence-electron chi connectivity index (χ0n) is 16.4. The predicted molar refractivity (Wildman–Crippen MR) is 117 cm³/mol. The third-order valence-electron chi connectivity index (χ3n) is 4.43. The van der Waals surface area contributed by atoms with Crippen LogP contribution in [0.4, 0.5) is 0 Å². The van der Waals surface area contributed by atoms with E-state index in [1.807, 2.05) is 62.4 Å². The highest BCUT2D eigenvalue weighted by Crippen LogP contribution is 2.19. The third-order valence-corrected chi connectivity index (χ3v) is 5.33. The molecule has 4 nitrogen and oxygen atoms in total. The van der Waals surface area contributed by atoms with Crippen molar-refractivity contribution in [3.05, 3.63) is 69.2 Å². The summed E-state index contributed by atoms with van der Waals surface area (Å²) >= 11 is 9.63. The number of amides is 2. The largest absolute Gasteiger partial charge is 0.352 e. The second-order valence-corrected chi connectivity index (χ2v) is 8.40. The number of nitrogens with one attached hydrogen (secondary N) is 1. The summed E-state index contributed by atoms with van der Waals surface area (Å²) in [6.07, 6.45) is 0.827. The van der Waals surface area contributed by atoms with Gasteiger partial charge in [0.1, 0.15) is 6.04 Å². The maximum absolute atomic E-state index is 13.0. The molecule has 0 spiro atoms. The van der Waals surface area contributed by atoms with E-state index in [-0.39, 0.29) is 17.9 Å². The van der Waals surface area contributed by atoms with Crippen LogP contribution in [0.2, 0.25) is 5.02 Å². The van der Waals surface area contributed by atoms with E-state index in [2.05, 4.69) is 21.2 Å². The van der Waals surface area contributed by atoms with Crippen LogP contribution >= 0.6 is 27.5 Å². The molecule has 2 aromatic rings. The van der Waals surface area contributed by atoms with Crippen molar-refractivity contribution in [2.24, 2.45) is 0 Å². The Morgan fingerprint density at radius 1 is 1.07 bits per heavy atom. The lowest BCUT2D eigenvalue weighted by molar-refractivity contribution is -0.140. The van der Waals surface area contributed by atoms with E-state index in [1.54, 1.807) is 11.8 Å². The monoisotopic (exact) mass is 464 g/mol. The number of halogens is 2. The number of aryl methyl sites for hydroxylation is 1.